The lowest BCUT2D eigenvalue weighted by Crippen LogP contribution is -2.41. The van der Waals surface area contributed by atoms with Crippen LogP contribution in [0.2, 0.25) is 0 Å². The van der Waals surface area contributed by atoms with Gasteiger partial charge in [0.1, 0.15) is 18.1 Å². The molecule has 3 aromatic rings. The largest absolute Gasteiger partial charge is 0.494 e. The van der Waals surface area contributed by atoms with Crippen LogP contribution in [0.15, 0.2) is 71.6 Å². The smallest absolute Gasteiger partial charge is 0.264 e. The molecule has 0 fully saturated rings. The van der Waals surface area contributed by atoms with Crippen molar-refractivity contribution in [2.75, 3.05) is 31.7 Å². The zero-order valence-corrected chi connectivity index (χ0v) is 21.3. The van der Waals surface area contributed by atoms with E-state index in [1.807, 2.05) is 6.92 Å². The molecule has 0 unspecified atom stereocenters. The molecule has 8 nitrogen and oxygen atoms in total. The molecule has 0 radical (unpaired) electrons. The van der Waals surface area contributed by atoms with E-state index in [1.54, 1.807) is 43.3 Å². The van der Waals surface area contributed by atoms with Gasteiger partial charge in [-0.05, 0) is 67.9 Å². The fourth-order valence-electron chi connectivity index (χ4n) is 3.55. The van der Waals surface area contributed by atoms with Crippen LogP contribution >= 0.6 is 0 Å². The number of methoxy groups -OCH3 is 2. The lowest BCUT2D eigenvalue weighted by atomic mass is 10.1. The van der Waals surface area contributed by atoms with Crippen LogP contribution in [0.3, 0.4) is 0 Å². The second-order valence-corrected chi connectivity index (χ2v) is 9.66. The van der Waals surface area contributed by atoms with Crippen LogP contribution < -0.4 is 23.8 Å². The number of carbonyl (C=O) groups is 1. The Morgan fingerprint density at radius 3 is 2.19 bits per heavy atom. The Labute approximate surface area is 210 Å². The molecule has 0 bridgehead atoms. The summed E-state index contributed by atoms with van der Waals surface area (Å²) in [6.45, 7) is 3.54. The van der Waals surface area contributed by atoms with E-state index >= 15 is 0 Å². The molecule has 0 aliphatic carbocycles. The van der Waals surface area contributed by atoms with Gasteiger partial charge in [0.25, 0.3) is 10.0 Å². The highest BCUT2D eigenvalue weighted by Crippen LogP contribution is 2.32. The fourth-order valence-corrected chi connectivity index (χ4v) is 4.98. The summed E-state index contributed by atoms with van der Waals surface area (Å²) < 4.78 is 57.6. The summed E-state index contributed by atoms with van der Waals surface area (Å²) in [5.41, 5.74) is 0.956. The highest BCUT2D eigenvalue weighted by molar-refractivity contribution is 7.92. The van der Waals surface area contributed by atoms with E-state index in [1.165, 1.54) is 44.6 Å². The van der Waals surface area contributed by atoms with Crippen LogP contribution in [0, 0.1) is 5.82 Å². The number of halogens is 1. The molecule has 1 amide bonds. The van der Waals surface area contributed by atoms with Crippen molar-refractivity contribution in [1.82, 2.24) is 5.32 Å². The van der Waals surface area contributed by atoms with Gasteiger partial charge in [-0.3, -0.25) is 9.10 Å². The summed E-state index contributed by atoms with van der Waals surface area (Å²) in [6.07, 6.45) is 0. The Kier molecular flexibility index (Phi) is 8.76. The summed E-state index contributed by atoms with van der Waals surface area (Å²) in [6, 6.07) is 15.9. The number of nitrogens with one attached hydrogen (secondary N) is 1. The van der Waals surface area contributed by atoms with Gasteiger partial charge in [0.05, 0.1) is 37.5 Å². The van der Waals surface area contributed by atoms with Crippen molar-refractivity contribution in [2.24, 2.45) is 0 Å². The maximum absolute atomic E-state index is 13.7. The van der Waals surface area contributed by atoms with E-state index in [0.29, 0.717) is 23.7 Å². The predicted molar refractivity (Wildman–Crippen MR) is 135 cm³/mol. The maximum atomic E-state index is 13.7. The SMILES string of the molecule is CCOc1ccc(N(CC(=O)N[C@H](C)c2ccc(F)cc2)S(=O)(=O)c2ccc(OC)c(OC)c2)cc1. The van der Waals surface area contributed by atoms with Crippen molar-refractivity contribution in [3.05, 3.63) is 78.1 Å². The molecular formula is C26H29FN2O6S. The van der Waals surface area contributed by atoms with E-state index < -0.39 is 28.5 Å². The summed E-state index contributed by atoms with van der Waals surface area (Å²) in [4.78, 5) is 12.9. The summed E-state index contributed by atoms with van der Waals surface area (Å²) >= 11 is 0. The van der Waals surface area contributed by atoms with Crippen molar-refractivity contribution in [2.45, 2.75) is 24.8 Å². The van der Waals surface area contributed by atoms with E-state index in [0.717, 1.165) is 4.31 Å². The lowest BCUT2D eigenvalue weighted by molar-refractivity contribution is -0.120. The number of rotatable bonds is 11. The van der Waals surface area contributed by atoms with Crippen LogP contribution in [0.25, 0.3) is 0 Å². The first-order valence-electron chi connectivity index (χ1n) is 11.2. The molecule has 0 aliphatic heterocycles. The van der Waals surface area contributed by atoms with Gasteiger partial charge in [-0.15, -0.1) is 0 Å². The molecule has 3 rings (SSSR count). The van der Waals surface area contributed by atoms with Crippen molar-refractivity contribution in [1.29, 1.82) is 0 Å². The Bertz CT molecular complexity index is 1280. The van der Waals surface area contributed by atoms with E-state index in [4.69, 9.17) is 14.2 Å². The zero-order valence-electron chi connectivity index (χ0n) is 20.5. The number of hydrogen-bond donors (Lipinski definition) is 1. The van der Waals surface area contributed by atoms with Gasteiger partial charge in [0, 0.05) is 6.07 Å². The number of hydrogen-bond acceptors (Lipinski definition) is 6. The molecule has 36 heavy (non-hydrogen) atoms. The molecule has 192 valence electrons. The van der Waals surface area contributed by atoms with Gasteiger partial charge in [-0.25, -0.2) is 12.8 Å². The van der Waals surface area contributed by atoms with Crippen LogP contribution in [0.5, 0.6) is 17.2 Å². The molecule has 0 spiro atoms. The van der Waals surface area contributed by atoms with Crippen molar-refractivity contribution in [3.8, 4) is 17.2 Å². The number of ether oxygens (including phenoxy) is 3. The highest BCUT2D eigenvalue weighted by atomic mass is 32.2. The molecule has 3 aromatic carbocycles. The van der Waals surface area contributed by atoms with Crippen molar-refractivity contribution < 1.29 is 31.8 Å². The topological polar surface area (TPSA) is 94.2 Å². The number of benzene rings is 3. The number of sulfonamides is 1. The first kappa shape index (κ1) is 26.8. The Balaban J connectivity index is 1.94. The summed E-state index contributed by atoms with van der Waals surface area (Å²) in [7, 11) is -1.34. The molecule has 0 heterocycles. The van der Waals surface area contributed by atoms with Gasteiger partial charge < -0.3 is 19.5 Å². The van der Waals surface area contributed by atoms with Crippen LogP contribution in [-0.4, -0.2) is 41.7 Å². The molecule has 0 aromatic heterocycles. The average Bonchev–Trinajstić information content (AvgIpc) is 2.87. The zero-order chi connectivity index (χ0) is 26.3. The third kappa shape index (κ3) is 6.25. The minimum absolute atomic E-state index is 0.0755. The van der Waals surface area contributed by atoms with Gasteiger partial charge >= 0.3 is 0 Å². The van der Waals surface area contributed by atoms with E-state index in [-0.39, 0.29) is 22.1 Å². The molecule has 10 heteroatoms. The molecule has 1 N–H and O–H groups in total. The minimum atomic E-state index is -4.19. The van der Waals surface area contributed by atoms with Crippen LogP contribution in [0.4, 0.5) is 10.1 Å². The van der Waals surface area contributed by atoms with Gasteiger partial charge in [-0.2, -0.15) is 0 Å². The van der Waals surface area contributed by atoms with Gasteiger partial charge in [-0.1, -0.05) is 12.1 Å². The number of amides is 1. The third-order valence-electron chi connectivity index (χ3n) is 5.41. The standard InChI is InChI=1S/C26H29FN2O6S/c1-5-35-22-12-10-21(11-13-22)29(17-26(30)28-18(2)19-6-8-20(27)9-7-19)36(31,32)23-14-15-24(33-3)25(16-23)34-4/h6-16,18H,5,17H2,1-4H3,(H,28,30)/t18-/m1/s1. The van der Waals surface area contributed by atoms with Gasteiger partial charge in [0.15, 0.2) is 11.5 Å². The quantitative estimate of drug-likeness (QED) is 0.408. The Morgan fingerprint density at radius 1 is 0.972 bits per heavy atom. The molecule has 1 atom stereocenters. The second kappa shape index (κ2) is 11.8. The third-order valence-corrected chi connectivity index (χ3v) is 7.18. The van der Waals surface area contributed by atoms with Crippen molar-refractivity contribution >= 4 is 21.6 Å². The van der Waals surface area contributed by atoms with E-state index in [2.05, 4.69) is 5.32 Å². The van der Waals surface area contributed by atoms with Crippen LogP contribution in [0.1, 0.15) is 25.5 Å². The molecule has 0 saturated heterocycles. The number of anilines is 1. The fraction of sp³-hybridized carbons (Fsp3) is 0.269. The molecule has 0 saturated carbocycles. The summed E-state index contributed by atoms with van der Waals surface area (Å²) in [5, 5.41) is 2.78. The molecular weight excluding hydrogens is 487 g/mol. The second-order valence-electron chi connectivity index (χ2n) is 7.80. The highest BCUT2D eigenvalue weighted by Gasteiger charge is 2.29. The number of carbonyl (C=O) groups excluding carboxylic acids is 1. The Hall–Kier alpha value is -3.79. The van der Waals surface area contributed by atoms with E-state index in [9.17, 15) is 17.6 Å². The van der Waals surface area contributed by atoms with Crippen molar-refractivity contribution in [3.63, 3.8) is 0 Å². The predicted octanol–water partition coefficient (Wildman–Crippen LogP) is 4.31. The normalized spacial score (nSPS) is 11.9. The minimum Gasteiger partial charge on any atom is -0.494 e. The first-order valence-corrected chi connectivity index (χ1v) is 12.7. The first-order chi connectivity index (χ1) is 17.2. The molecule has 0 aliphatic rings. The summed E-state index contributed by atoms with van der Waals surface area (Å²) in [5.74, 6) is 0.248. The van der Waals surface area contributed by atoms with Crippen LogP contribution in [-0.2, 0) is 14.8 Å². The number of nitrogens with zero attached hydrogens (tertiary/aromatic N) is 1. The maximum Gasteiger partial charge on any atom is 0.264 e. The average molecular weight is 517 g/mol. The monoisotopic (exact) mass is 516 g/mol. The van der Waals surface area contributed by atoms with Gasteiger partial charge in [0.2, 0.25) is 5.91 Å². The lowest BCUT2D eigenvalue weighted by Gasteiger charge is -2.25. The Morgan fingerprint density at radius 2 is 1.61 bits per heavy atom.